The van der Waals surface area contributed by atoms with Crippen LogP contribution in [0.3, 0.4) is 0 Å². The van der Waals surface area contributed by atoms with E-state index in [1.165, 1.54) is 13.2 Å². The van der Waals surface area contributed by atoms with Crippen molar-refractivity contribution in [2.45, 2.75) is 13.3 Å². The van der Waals surface area contributed by atoms with Gasteiger partial charge in [0, 0.05) is 10.7 Å². The number of ether oxygens (including phenoxy) is 1. The lowest BCUT2D eigenvalue weighted by Crippen LogP contribution is -2.22. The van der Waals surface area contributed by atoms with Crippen LogP contribution in [0.2, 0.25) is 5.02 Å². The Labute approximate surface area is 150 Å². The molecule has 0 fully saturated rings. The van der Waals surface area contributed by atoms with Crippen LogP contribution in [0.4, 0.5) is 11.4 Å². The van der Waals surface area contributed by atoms with E-state index in [-0.39, 0.29) is 11.3 Å². The number of halogens is 1. The van der Waals surface area contributed by atoms with Crippen LogP contribution in [0, 0.1) is 6.92 Å². The van der Waals surface area contributed by atoms with E-state index in [0.29, 0.717) is 16.3 Å². The van der Waals surface area contributed by atoms with Gasteiger partial charge in [0.05, 0.1) is 18.4 Å². The molecular formula is C18H17ClN2O4. The normalized spacial score (nSPS) is 10.0. The van der Waals surface area contributed by atoms with Crippen molar-refractivity contribution < 1.29 is 19.1 Å². The molecule has 0 unspecified atom stereocenters. The van der Waals surface area contributed by atoms with E-state index in [2.05, 4.69) is 15.4 Å². The van der Waals surface area contributed by atoms with Crippen molar-refractivity contribution >= 4 is 40.8 Å². The maximum Gasteiger partial charge on any atom is 0.339 e. The van der Waals surface area contributed by atoms with Crippen molar-refractivity contribution in [3.63, 3.8) is 0 Å². The molecule has 0 aromatic heterocycles. The van der Waals surface area contributed by atoms with Gasteiger partial charge in [-0.2, -0.15) is 0 Å². The van der Waals surface area contributed by atoms with Crippen LogP contribution < -0.4 is 10.6 Å². The van der Waals surface area contributed by atoms with Gasteiger partial charge in [0.1, 0.15) is 6.42 Å². The molecule has 7 heteroatoms. The fraction of sp³-hybridized carbons (Fsp3) is 0.167. The van der Waals surface area contributed by atoms with E-state index < -0.39 is 24.2 Å². The second-order valence-corrected chi connectivity index (χ2v) is 5.63. The maximum atomic E-state index is 12.1. The number of anilines is 2. The van der Waals surface area contributed by atoms with Gasteiger partial charge in [-0.15, -0.1) is 0 Å². The third kappa shape index (κ3) is 4.81. The molecule has 2 amide bonds. The Morgan fingerprint density at radius 2 is 1.56 bits per heavy atom. The first-order valence-corrected chi connectivity index (χ1v) is 7.82. The highest BCUT2D eigenvalue weighted by molar-refractivity contribution is 6.31. The molecule has 0 heterocycles. The zero-order valence-corrected chi connectivity index (χ0v) is 14.5. The van der Waals surface area contributed by atoms with Crippen LogP contribution in [-0.4, -0.2) is 24.9 Å². The van der Waals surface area contributed by atoms with Gasteiger partial charge in [-0.05, 0) is 36.8 Å². The third-order valence-electron chi connectivity index (χ3n) is 3.47. The smallest absolute Gasteiger partial charge is 0.339 e. The molecule has 2 aromatic carbocycles. The van der Waals surface area contributed by atoms with Crippen LogP contribution in [0.1, 0.15) is 22.3 Å². The van der Waals surface area contributed by atoms with Crippen molar-refractivity contribution in [1.82, 2.24) is 0 Å². The van der Waals surface area contributed by atoms with E-state index in [0.717, 1.165) is 0 Å². The lowest BCUT2D eigenvalue weighted by atomic mass is 10.1. The molecule has 2 rings (SSSR count). The van der Waals surface area contributed by atoms with Crippen LogP contribution in [0.15, 0.2) is 42.5 Å². The summed E-state index contributed by atoms with van der Waals surface area (Å²) in [5, 5.41) is 5.70. The molecule has 0 aliphatic carbocycles. The van der Waals surface area contributed by atoms with Gasteiger partial charge in [0.25, 0.3) is 0 Å². The summed E-state index contributed by atoms with van der Waals surface area (Å²) in [5.41, 5.74) is 1.75. The lowest BCUT2D eigenvalue weighted by molar-refractivity contribution is -0.123. The molecule has 0 spiro atoms. The van der Waals surface area contributed by atoms with Crippen LogP contribution >= 0.6 is 11.6 Å². The number of methoxy groups -OCH3 is 1. The molecule has 0 saturated carbocycles. The summed E-state index contributed by atoms with van der Waals surface area (Å²) in [6, 6.07) is 11.5. The average Bonchev–Trinajstić information content (AvgIpc) is 2.58. The fourth-order valence-electron chi connectivity index (χ4n) is 2.16. The van der Waals surface area contributed by atoms with E-state index in [1.807, 2.05) is 0 Å². The monoisotopic (exact) mass is 360 g/mol. The summed E-state index contributed by atoms with van der Waals surface area (Å²) in [6.07, 6.45) is -0.401. The summed E-state index contributed by atoms with van der Waals surface area (Å²) in [5.74, 6) is -1.61. The molecule has 0 radical (unpaired) electrons. The van der Waals surface area contributed by atoms with Crippen LogP contribution in [-0.2, 0) is 14.3 Å². The summed E-state index contributed by atoms with van der Waals surface area (Å²) >= 11 is 6.00. The molecule has 25 heavy (non-hydrogen) atoms. The first-order valence-electron chi connectivity index (χ1n) is 7.44. The largest absolute Gasteiger partial charge is 0.465 e. The third-order valence-corrected chi connectivity index (χ3v) is 3.88. The summed E-state index contributed by atoms with van der Waals surface area (Å²) in [4.78, 5) is 35.8. The van der Waals surface area contributed by atoms with Crippen molar-refractivity contribution in [1.29, 1.82) is 0 Å². The number of hydrogen-bond acceptors (Lipinski definition) is 4. The predicted octanol–water partition coefficient (Wildman–Crippen LogP) is 3.40. The first kappa shape index (κ1) is 18.5. The number of para-hydroxylation sites is 1. The summed E-state index contributed by atoms with van der Waals surface area (Å²) < 4.78 is 4.66. The molecule has 2 aromatic rings. The molecule has 0 aliphatic heterocycles. The topological polar surface area (TPSA) is 84.5 Å². The Hall–Kier alpha value is -2.86. The minimum absolute atomic E-state index is 0.212. The molecule has 130 valence electrons. The second-order valence-electron chi connectivity index (χ2n) is 5.22. The minimum Gasteiger partial charge on any atom is -0.465 e. The molecule has 2 N–H and O–H groups in total. The van der Waals surface area contributed by atoms with Crippen LogP contribution in [0.25, 0.3) is 0 Å². The Balaban J connectivity index is 2.02. The highest BCUT2D eigenvalue weighted by Crippen LogP contribution is 2.23. The SMILES string of the molecule is COC(=O)c1ccccc1NC(=O)CC(=O)Nc1cccc(Cl)c1C. The van der Waals surface area contributed by atoms with E-state index >= 15 is 0 Å². The number of rotatable bonds is 5. The number of esters is 1. The van der Waals surface area contributed by atoms with Crippen molar-refractivity contribution in [3.05, 3.63) is 58.6 Å². The van der Waals surface area contributed by atoms with Crippen molar-refractivity contribution in [3.8, 4) is 0 Å². The predicted molar refractivity (Wildman–Crippen MR) is 95.8 cm³/mol. The number of amides is 2. The Bertz CT molecular complexity index is 820. The number of carbonyl (C=O) groups excluding carboxylic acids is 3. The van der Waals surface area contributed by atoms with Gasteiger partial charge in [0.15, 0.2) is 0 Å². The number of carbonyl (C=O) groups is 3. The highest BCUT2D eigenvalue weighted by atomic mass is 35.5. The van der Waals surface area contributed by atoms with Gasteiger partial charge >= 0.3 is 5.97 Å². The highest BCUT2D eigenvalue weighted by Gasteiger charge is 2.16. The van der Waals surface area contributed by atoms with Crippen molar-refractivity contribution in [2.75, 3.05) is 17.7 Å². The fourth-order valence-corrected chi connectivity index (χ4v) is 2.33. The van der Waals surface area contributed by atoms with E-state index in [4.69, 9.17) is 11.6 Å². The summed E-state index contributed by atoms with van der Waals surface area (Å²) in [6.45, 7) is 1.77. The molecule has 0 aliphatic rings. The van der Waals surface area contributed by atoms with Gasteiger partial charge in [0.2, 0.25) is 11.8 Å². The summed E-state index contributed by atoms with van der Waals surface area (Å²) in [7, 11) is 1.25. The minimum atomic E-state index is -0.574. The molecule has 0 atom stereocenters. The van der Waals surface area contributed by atoms with Gasteiger partial charge in [-0.1, -0.05) is 29.8 Å². The first-order chi connectivity index (χ1) is 11.9. The van der Waals surface area contributed by atoms with Gasteiger partial charge in [-0.3, -0.25) is 9.59 Å². The lowest BCUT2D eigenvalue weighted by Gasteiger charge is -2.11. The van der Waals surface area contributed by atoms with Crippen LogP contribution in [0.5, 0.6) is 0 Å². The standard InChI is InChI=1S/C18H17ClN2O4/c1-11-13(19)7-5-9-14(11)20-16(22)10-17(23)21-15-8-4-3-6-12(15)18(24)25-2/h3-9H,10H2,1-2H3,(H,20,22)(H,21,23). The maximum absolute atomic E-state index is 12.1. The Kier molecular flexibility index (Phi) is 6.14. The Morgan fingerprint density at radius 3 is 2.24 bits per heavy atom. The van der Waals surface area contributed by atoms with Crippen molar-refractivity contribution in [2.24, 2.45) is 0 Å². The Morgan fingerprint density at radius 1 is 0.960 bits per heavy atom. The van der Waals surface area contributed by atoms with E-state index in [1.54, 1.807) is 43.3 Å². The van der Waals surface area contributed by atoms with E-state index in [9.17, 15) is 14.4 Å². The molecule has 0 bridgehead atoms. The number of benzene rings is 2. The van der Waals surface area contributed by atoms with Gasteiger partial charge < -0.3 is 15.4 Å². The zero-order chi connectivity index (χ0) is 18.4. The molecule has 0 saturated heterocycles. The second kappa shape index (κ2) is 8.30. The number of hydrogen-bond donors (Lipinski definition) is 2. The van der Waals surface area contributed by atoms with Gasteiger partial charge in [-0.25, -0.2) is 4.79 Å². The average molecular weight is 361 g/mol. The zero-order valence-electron chi connectivity index (χ0n) is 13.8. The number of nitrogens with one attached hydrogen (secondary N) is 2. The molecule has 6 nitrogen and oxygen atoms in total. The molecular weight excluding hydrogens is 344 g/mol. The quantitative estimate of drug-likeness (QED) is 0.632.